The Labute approximate surface area is 102 Å². The van der Waals surface area contributed by atoms with Crippen molar-refractivity contribution in [1.29, 1.82) is 0 Å². The number of nitrogens with zero attached hydrogens (tertiary/aromatic N) is 1. The molecule has 0 aliphatic carbocycles. The van der Waals surface area contributed by atoms with Crippen LogP contribution < -0.4 is 0 Å². The van der Waals surface area contributed by atoms with Gasteiger partial charge in [-0.25, -0.2) is 0 Å². The van der Waals surface area contributed by atoms with Crippen LogP contribution in [0.25, 0.3) is 0 Å². The van der Waals surface area contributed by atoms with E-state index in [0.717, 1.165) is 24.2 Å². The van der Waals surface area contributed by atoms with Crippen LogP contribution in [0.2, 0.25) is 0 Å². The Bertz CT molecular complexity index is 200. The molecule has 1 fully saturated rings. The molecule has 0 amide bonds. The van der Waals surface area contributed by atoms with Gasteiger partial charge < -0.3 is 9.69 Å². The van der Waals surface area contributed by atoms with Crippen molar-refractivity contribution in [3.8, 4) is 0 Å². The van der Waals surface area contributed by atoms with Crippen LogP contribution in [0.3, 0.4) is 0 Å². The fourth-order valence-corrected chi connectivity index (χ4v) is 2.97. The number of carbonyl (C=O) groups excluding carboxylic acids is 1. The summed E-state index contributed by atoms with van der Waals surface area (Å²) in [6.45, 7) is 7.37. The summed E-state index contributed by atoms with van der Waals surface area (Å²) < 4.78 is 0. The summed E-state index contributed by atoms with van der Waals surface area (Å²) in [4.78, 5) is 13.5. The van der Waals surface area contributed by atoms with Gasteiger partial charge in [0, 0.05) is 18.3 Å². The molecule has 1 atom stereocenters. The molecule has 1 rings (SSSR count). The van der Waals surface area contributed by atoms with Gasteiger partial charge in [0.25, 0.3) is 0 Å². The van der Waals surface area contributed by atoms with E-state index in [1.54, 1.807) is 6.92 Å². The minimum atomic E-state index is 0.317. The third-order valence-electron chi connectivity index (χ3n) is 3.13. The minimum Gasteiger partial charge on any atom is -0.303 e. The Hall–Kier alpha value is 0.110. The highest BCUT2D eigenvalue weighted by Gasteiger charge is 2.19. The van der Waals surface area contributed by atoms with Gasteiger partial charge in [-0.05, 0) is 44.7 Å². The van der Waals surface area contributed by atoms with E-state index in [1.807, 2.05) is 0 Å². The lowest BCUT2D eigenvalue weighted by Gasteiger charge is -2.32. The minimum absolute atomic E-state index is 0.317. The third kappa shape index (κ3) is 5.12. The third-order valence-corrected chi connectivity index (χ3v) is 4.05. The number of alkyl halides is 1. The lowest BCUT2D eigenvalue weighted by molar-refractivity contribution is -0.117. The van der Waals surface area contributed by atoms with Crippen molar-refractivity contribution in [3.63, 3.8) is 0 Å². The van der Waals surface area contributed by atoms with Crippen LogP contribution in [0.1, 0.15) is 33.1 Å². The molecule has 0 radical (unpaired) electrons. The van der Waals surface area contributed by atoms with E-state index >= 15 is 0 Å². The van der Waals surface area contributed by atoms with Crippen molar-refractivity contribution in [3.05, 3.63) is 0 Å². The molecule has 1 heterocycles. The van der Waals surface area contributed by atoms with E-state index in [1.165, 1.54) is 25.9 Å². The number of hydrogen-bond donors (Lipinski definition) is 0. The largest absolute Gasteiger partial charge is 0.303 e. The summed E-state index contributed by atoms with van der Waals surface area (Å²) in [5.41, 5.74) is 0. The zero-order valence-electron chi connectivity index (χ0n) is 9.84. The summed E-state index contributed by atoms with van der Waals surface area (Å²) in [6, 6.07) is 0. The molecule has 2 nitrogen and oxygen atoms in total. The van der Waals surface area contributed by atoms with Gasteiger partial charge in [0.2, 0.25) is 0 Å². The van der Waals surface area contributed by atoms with Crippen molar-refractivity contribution in [2.75, 3.05) is 25.0 Å². The summed E-state index contributed by atoms with van der Waals surface area (Å²) >= 11 is 3.55. The SMILES string of the molecule is CC(=O)CC(C)CN1CCC(CBr)CC1. The first-order valence-electron chi connectivity index (χ1n) is 5.89. The first-order valence-corrected chi connectivity index (χ1v) is 7.01. The van der Waals surface area contributed by atoms with Crippen LogP contribution in [0.15, 0.2) is 0 Å². The number of halogens is 1. The monoisotopic (exact) mass is 275 g/mol. The zero-order chi connectivity index (χ0) is 11.3. The molecular weight excluding hydrogens is 254 g/mol. The standard InChI is InChI=1S/C12H22BrNO/c1-10(7-11(2)15)9-14-5-3-12(8-13)4-6-14/h10,12H,3-9H2,1-2H3. The predicted octanol–water partition coefficient (Wildman–Crippen LogP) is 2.71. The van der Waals surface area contributed by atoms with E-state index in [-0.39, 0.29) is 0 Å². The molecule has 1 aliphatic heterocycles. The fourth-order valence-electron chi connectivity index (χ4n) is 2.32. The summed E-state index contributed by atoms with van der Waals surface area (Å²) in [7, 11) is 0. The lowest BCUT2D eigenvalue weighted by Crippen LogP contribution is -2.37. The summed E-state index contributed by atoms with van der Waals surface area (Å²) in [5, 5.41) is 1.14. The zero-order valence-corrected chi connectivity index (χ0v) is 11.4. The molecule has 0 bridgehead atoms. The van der Waals surface area contributed by atoms with Gasteiger partial charge in [0.15, 0.2) is 0 Å². The van der Waals surface area contributed by atoms with Gasteiger partial charge >= 0.3 is 0 Å². The Morgan fingerprint density at radius 2 is 2.07 bits per heavy atom. The maximum atomic E-state index is 11.0. The van der Waals surface area contributed by atoms with Crippen LogP contribution in [0.5, 0.6) is 0 Å². The van der Waals surface area contributed by atoms with Crippen LogP contribution in [-0.4, -0.2) is 35.6 Å². The van der Waals surface area contributed by atoms with E-state index < -0.39 is 0 Å². The quantitative estimate of drug-likeness (QED) is 0.720. The maximum Gasteiger partial charge on any atom is 0.130 e. The molecule has 88 valence electrons. The van der Waals surface area contributed by atoms with Gasteiger partial charge in [0.1, 0.15) is 5.78 Å². The molecule has 3 heteroatoms. The number of ketones is 1. The topological polar surface area (TPSA) is 20.3 Å². The Kier molecular flexibility index (Phi) is 5.83. The van der Waals surface area contributed by atoms with Crippen LogP contribution in [0, 0.1) is 11.8 Å². The van der Waals surface area contributed by atoms with Crippen molar-refractivity contribution in [1.82, 2.24) is 4.90 Å². The van der Waals surface area contributed by atoms with Crippen molar-refractivity contribution in [2.24, 2.45) is 11.8 Å². The second kappa shape index (κ2) is 6.64. The fraction of sp³-hybridized carbons (Fsp3) is 0.917. The molecule has 0 saturated carbocycles. The van der Waals surface area contributed by atoms with E-state index in [4.69, 9.17) is 0 Å². The van der Waals surface area contributed by atoms with Crippen molar-refractivity contribution < 1.29 is 4.79 Å². The van der Waals surface area contributed by atoms with Gasteiger partial charge in [-0.2, -0.15) is 0 Å². The van der Waals surface area contributed by atoms with Crippen LogP contribution in [0.4, 0.5) is 0 Å². The number of piperidine rings is 1. The molecule has 1 aliphatic rings. The van der Waals surface area contributed by atoms with Gasteiger partial charge in [0.05, 0.1) is 0 Å². The van der Waals surface area contributed by atoms with Gasteiger partial charge in [-0.3, -0.25) is 0 Å². The molecule has 0 aromatic carbocycles. The maximum absolute atomic E-state index is 11.0. The molecule has 1 saturated heterocycles. The second-order valence-electron chi connectivity index (χ2n) is 4.91. The molecule has 0 spiro atoms. The Morgan fingerprint density at radius 3 is 2.53 bits per heavy atom. The average molecular weight is 276 g/mol. The average Bonchev–Trinajstić information content (AvgIpc) is 2.17. The second-order valence-corrected chi connectivity index (χ2v) is 5.56. The van der Waals surface area contributed by atoms with Gasteiger partial charge in [-0.1, -0.05) is 22.9 Å². The van der Waals surface area contributed by atoms with Gasteiger partial charge in [-0.15, -0.1) is 0 Å². The molecule has 0 N–H and O–H groups in total. The highest BCUT2D eigenvalue weighted by atomic mass is 79.9. The van der Waals surface area contributed by atoms with Crippen molar-refractivity contribution >= 4 is 21.7 Å². The number of likely N-dealkylation sites (tertiary alicyclic amines) is 1. The van der Waals surface area contributed by atoms with E-state index in [0.29, 0.717) is 11.7 Å². The first-order chi connectivity index (χ1) is 7.11. The number of rotatable bonds is 5. The lowest BCUT2D eigenvalue weighted by atomic mass is 9.97. The van der Waals surface area contributed by atoms with Crippen molar-refractivity contribution in [2.45, 2.75) is 33.1 Å². The Balaban J connectivity index is 2.20. The summed E-state index contributed by atoms with van der Waals surface area (Å²) in [5.74, 6) is 1.70. The molecule has 1 unspecified atom stereocenters. The molecule has 15 heavy (non-hydrogen) atoms. The highest BCUT2D eigenvalue weighted by Crippen LogP contribution is 2.20. The van der Waals surface area contributed by atoms with Crippen LogP contribution >= 0.6 is 15.9 Å². The summed E-state index contributed by atoms with van der Waals surface area (Å²) in [6.07, 6.45) is 3.34. The molecule has 0 aromatic heterocycles. The number of hydrogen-bond acceptors (Lipinski definition) is 2. The number of carbonyl (C=O) groups is 1. The van der Waals surface area contributed by atoms with E-state index in [9.17, 15) is 4.79 Å². The predicted molar refractivity (Wildman–Crippen MR) is 67.4 cm³/mol. The van der Waals surface area contributed by atoms with Crippen LogP contribution in [-0.2, 0) is 4.79 Å². The Morgan fingerprint density at radius 1 is 1.47 bits per heavy atom. The molecular formula is C12H22BrNO. The smallest absolute Gasteiger partial charge is 0.130 e. The number of Topliss-reactive ketones (excluding diaryl/α,β-unsaturated/α-hetero) is 1. The highest BCUT2D eigenvalue weighted by molar-refractivity contribution is 9.09. The normalized spacial score (nSPS) is 21.5. The first kappa shape index (κ1) is 13.2. The van der Waals surface area contributed by atoms with E-state index in [2.05, 4.69) is 27.8 Å². The molecule has 0 aromatic rings.